The van der Waals surface area contributed by atoms with Crippen molar-refractivity contribution in [1.82, 2.24) is 5.32 Å². The summed E-state index contributed by atoms with van der Waals surface area (Å²) in [6.45, 7) is 0. The molecule has 0 radical (unpaired) electrons. The van der Waals surface area contributed by atoms with Gasteiger partial charge in [-0.2, -0.15) is 0 Å². The van der Waals surface area contributed by atoms with E-state index in [1.54, 1.807) is 0 Å². The molecule has 1 N–H and O–H groups in total. The van der Waals surface area contributed by atoms with Gasteiger partial charge in [0.15, 0.2) is 5.84 Å². The number of aliphatic imine (C=N–C) groups is 2. The van der Waals surface area contributed by atoms with Gasteiger partial charge in [0.1, 0.15) is 23.2 Å². The lowest BCUT2D eigenvalue weighted by Gasteiger charge is -2.23. The van der Waals surface area contributed by atoms with Gasteiger partial charge in [-0.15, -0.1) is 11.3 Å². The molecule has 282 valence electrons. The monoisotopic (exact) mass is 785 g/mol. The molecular formula is C55H35N3OS. The summed E-state index contributed by atoms with van der Waals surface area (Å²) in [6, 6.07) is 71.0. The molecule has 0 saturated heterocycles. The Labute approximate surface area is 350 Å². The molecule has 5 heteroatoms. The van der Waals surface area contributed by atoms with Crippen molar-refractivity contribution in [2.75, 3.05) is 0 Å². The Balaban J connectivity index is 0.950. The molecule has 4 nitrogen and oxygen atoms in total. The molecular weight excluding hydrogens is 751 g/mol. The molecule has 0 bridgehead atoms. The summed E-state index contributed by atoms with van der Waals surface area (Å²) in [7, 11) is 0. The van der Waals surface area contributed by atoms with Gasteiger partial charge >= 0.3 is 0 Å². The van der Waals surface area contributed by atoms with Crippen LogP contribution in [0.15, 0.2) is 215 Å². The predicted octanol–water partition coefficient (Wildman–Crippen LogP) is 14.6. The zero-order valence-electron chi connectivity index (χ0n) is 32.3. The third-order valence-electron chi connectivity index (χ3n) is 11.7. The van der Waals surface area contributed by atoms with Crippen LogP contribution in [0.25, 0.3) is 86.3 Å². The van der Waals surface area contributed by atoms with Crippen LogP contribution in [0.5, 0.6) is 0 Å². The fourth-order valence-corrected chi connectivity index (χ4v) is 9.90. The van der Waals surface area contributed by atoms with E-state index in [1.165, 1.54) is 47.5 Å². The molecule has 2 aromatic heterocycles. The van der Waals surface area contributed by atoms with Crippen molar-refractivity contribution in [3.8, 4) is 33.4 Å². The molecule has 3 heterocycles. The van der Waals surface area contributed by atoms with E-state index >= 15 is 0 Å². The summed E-state index contributed by atoms with van der Waals surface area (Å²) in [5, 5.41) is 10.9. The molecule has 0 spiro atoms. The first-order chi connectivity index (χ1) is 29.7. The van der Waals surface area contributed by atoms with Crippen molar-refractivity contribution >= 4 is 75.9 Å². The summed E-state index contributed by atoms with van der Waals surface area (Å²) >= 11 is 1.85. The summed E-state index contributed by atoms with van der Waals surface area (Å²) in [4.78, 5) is 10.0. The highest BCUT2D eigenvalue weighted by molar-refractivity contribution is 7.26. The fraction of sp³-hybridized carbons (Fsp3) is 0.0182. The van der Waals surface area contributed by atoms with Gasteiger partial charge in [0.25, 0.3) is 0 Å². The maximum Gasteiger partial charge on any atom is 0.159 e. The molecule has 1 aliphatic rings. The highest BCUT2D eigenvalue weighted by atomic mass is 32.1. The first-order valence-corrected chi connectivity index (χ1v) is 21.1. The number of nitrogens with one attached hydrogen (secondary N) is 1. The van der Waals surface area contributed by atoms with Gasteiger partial charge in [-0.05, 0) is 80.6 Å². The fourth-order valence-electron chi connectivity index (χ4n) is 8.68. The molecule has 11 aromatic rings. The second-order valence-corrected chi connectivity index (χ2v) is 16.4. The zero-order valence-corrected chi connectivity index (χ0v) is 33.2. The van der Waals surface area contributed by atoms with Crippen LogP contribution >= 0.6 is 11.3 Å². The number of rotatable bonds is 6. The molecule has 1 unspecified atom stereocenters. The van der Waals surface area contributed by atoms with E-state index in [2.05, 4.69) is 169 Å². The Hall–Kier alpha value is -7.60. The Morgan fingerprint density at radius 1 is 0.467 bits per heavy atom. The largest absolute Gasteiger partial charge is 0.455 e. The van der Waals surface area contributed by atoms with Crippen LogP contribution in [0.2, 0.25) is 0 Å². The smallest absolute Gasteiger partial charge is 0.159 e. The number of furan rings is 1. The Bertz CT molecular complexity index is 3510. The van der Waals surface area contributed by atoms with E-state index < -0.39 is 0 Å². The van der Waals surface area contributed by atoms with Crippen LogP contribution < -0.4 is 5.32 Å². The normalized spacial score (nSPS) is 14.2. The van der Waals surface area contributed by atoms with E-state index in [0.717, 1.165) is 61.3 Å². The lowest BCUT2D eigenvalue weighted by molar-refractivity contribution is 0.670. The Morgan fingerprint density at radius 2 is 1.13 bits per heavy atom. The number of nitrogens with zero attached hydrogens (tertiary/aromatic N) is 2. The number of benzene rings is 9. The van der Waals surface area contributed by atoms with Crippen LogP contribution in [0.1, 0.15) is 22.9 Å². The SMILES string of the molecule is c1ccc(C2=NC(c3ccccc3)NC(c3ccc(-c4cccc(-c5cc6c7cc(-c8ccc9ccccc9c8)ccc7sc6c6c5oc5ccccc56)c4)cc3)=N2)cc1. The van der Waals surface area contributed by atoms with Gasteiger partial charge in [0.2, 0.25) is 0 Å². The number of thiophene rings is 1. The highest BCUT2D eigenvalue weighted by Crippen LogP contribution is 2.47. The van der Waals surface area contributed by atoms with Crippen LogP contribution in [-0.4, -0.2) is 11.7 Å². The average molecular weight is 786 g/mol. The third kappa shape index (κ3) is 5.90. The number of fused-ring (bicyclic) bond motifs is 8. The molecule has 9 aromatic carbocycles. The number of amidine groups is 2. The molecule has 0 amide bonds. The number of para-hydroxylation sites is 1. The van der Waals surface area contributed by atoms with E-state index in [4.69, 9.17) is 14.4 Å². The standard InChI is InChI=1S/C55H35N3OS/c1-3-13-36(14-4-1)53-56-54(37-15-5-2-6-16-37)58-55(57-53)38-25-22-35(23-26-38)40-18-11-19-43(31-40)45-33-47-46-32-42(41-27-24-34-12-7-8-17-39(34)30-41)28-29-49(46)60-52(47)50-44-20-9-10-21-48(44)59-51(45)50/h1-33,53H,(H,56,57,58). The van der Waals surface area contributed by atoms with Gasteiger partial charge in [-0.3, -0.25) is 0 Å². The van der Waals surface area contributed by atoms with Crippen molar-refractivity contribution in [3.05, 3.63) is 217 Å². The average Bonchev–Trinajstić information content (AvgIpc) is 3.90. The third-order valence-corrected chi connectivity index (χ3v) is 12.9. The summed E-state index contributed by atoms with van der Waals surface area (Å²) in [6.07, 6.45) is -0.247. The van der Waals surface area contributed by atoms with Crippen molar-refractivity contribution in [2.24, 2.45) is 9.98 Å². The van der Waals surface area contributed by atoms with E-state index in [-0.39, 0.29) is 6.17 Å². The quantitative estimate of drug-likeness (QED) is 0.183. The Morgan fingerprint density at radius 3 is 2.00 bits per heavy atom. The van der Waals surface area contributed by atoms with E-state index in [0.29, 0.717) is 5.84 Å². The van der Waals surface area contributed by atoms with Crippen molar-refractivity contribution in [2.45, 2.75) is 6.17 Å². The van der Waals surface area contributed by atoms with Crippen molar-refractivity contribution in [3.63, 3.8) is 0 Å². The summed E-state index contributed by atoms with van der Waals surface area (Å²) in [5.74, 6) is 1.51. The molecule has 1 atom stereocenters. The minimum Gasteiger partial charge on any atom is -0.455 e. The molecule has 12 rings (SSSR count). The zero-order chi connectivity index (χ0) is 39.6. The van der Waals surface area contributed by atoms with Crippen LogP contribution in [-0.2, 0) is 0 Å². The van der Waals surface area contributed by atoms with Crippen LogP contribution in [0.4, 0.5) is 0 Å². The second kappa shape index (κ2) is 14.0. The van der Waals surface area contributed by atoms with Crippen LogP contribution in [0, 0.1) is 0 Å². The predicted molar refractivity (Wildman–Crippen MR) is 252 cm³/mol. The molecule has 60 heavy (non-hydrogen) atoms. The Kier molecular flexibility index (Phi) is 8.06. The van der Waals surface area contributed by atoms with Gasteiger partial charge < -0.3 is 9.73 Å². The maximum absolute atomic E-state index is 6.76. The highest BCUT2D eigenvalue weighted by Gasteiger charge is 2.22. The first kappa shape index (κ1) is 34.4. The summed E-state index contributed by atoms with van der Waals surface area (Å²) < 4.78 is 9.28. The molecule has 0 aliphatic carbocycles. The van der Waals surface area contributed by atoms with Gasteiger partial charge in [-0.25, -0.2) is 9.98 Å². The van der Waals surface area contributed by atoms with E-state index in [9.17, 15) is 0 Å². The second-order valence-electron chi connectivity index (χ2n) is 15.4. The lowest BCUT2D eigenvalue weighted by Crippen LogP contribution is -2.33. The molecule has 1 aliphatic heterocycles. The number of hydrogen-bond donors (Lipinski definition) is 1. The lowest BCUT2D eigenvalue weighted by atomic mass is 9.95. The van der Waals surface area contributed by atoms with Crippen LogP contribution in [0.3, 0.4) is 0 Å². The molecule has 0 saturated carbocycles. The minimum absolute atomic E-state index is 0.247. The summed E-state index contributed by atoms with van der Waals surface area (Å²) in [5.41, 5.74) is 11.8. The van der Waals surface area contributed by atoms with Crippen molar-refractivity contribution in [1.29, 1.82) is 0 Å². The van der Waals surface area contributed by atoms with Gasteiger partial charge in [0, 0.05) is 47.6 Å². The van der Waals surface area contributed by atoms with Gasteiger partial charge in [0.05, 0.1) is 0 Å². The topological polar surface area (TPSA) is 49.9 Å². The number of hydrogen-bond acceptors (Lipinski definition) is 5. The maximum atomic E-state index is 6.76. The first-order valence-electron chi connectivity index (χ1n) is 20.2. The minimum atomic E-state index is -0.247. The van der Waals surface area contributed by atoms with Crippen molar-refractivity contribution < 1.29 is 4.42 Å². The van der Waals surface area contributed by atoms with Gasteiger partial charge in [-0.1, -0.05) is 164 Å². The van der Waals surface area contributed by atoms with E-state index in [1.807, 2.05) is 47.7 Å². The molecule has 0 fully saturated rings.